The number of hydrogen-bond donors (Lipinski definition) is 1. The van der Waals surface area contributed by atoms with Gasteiger partial charge in [0.1, 0.15) is 0 Å². The smallest absolute Gasteiger partial charge is 0.0639 e. The summed E-state index contributed by atoms with van der Waals surface area (Å²) in [7, 11) is 0. The summed E-state index contributed by atoms with van der Waals surface area (Å²) in [4.78, 5) is 0. The lowest BCUT2D eigenvalue weighted by Crippen LogP contribution is -2.13. The van der Waals surface area contributed by atoms with E-state index >= 15 is 0 Å². The highest BCUT2D eigenvalue weighted by Crippen LogP contribution is 2.06. The lowest BCUT2D eigenvalue weighted by Gasteiger charge is -2.11. The summed E-state index contributed by atoms with van der Waals surface area (Å²) in [5.41, 5.74) is 1.16. The lowest BCUT2D eigenvalue weighted by molar-refractivity contribution is 0.110. The summed E-state index contributed by atoms with van der Waals surface area (Å²) in [6.45, 7) is 7.00. The van der Waals surface area contributed by atoms with E-state index in [2.05, 4.69) is 31.3 Å². The van der Waals surface area contributed by atoms with Crippen molar-refractivity contribution in [2.24, 2.45) is 5.92 Å². The number of para-hydroxylation sites is 1. The molecule has 0 amide bonds. The van der Waals surface area contributed by atoms with Gasteiger partial charge in [-0.15, -0.1) is 0 Å². The summed E-state index contributed by atoms with van der Waals surface area (Å²) >= 11 is 0. The Labute approximate surface area is 99.0 Å². The molecular weight excluding hydrogens is 198 g/mol. The largest absolute Gasteiger partial charge is 0.383 e. The molecule has 1 rings (SSSR count). The molecule has 1 atom stereocenters. The van der Waals surface area contributed by atoms with Gasteiger partial charge in [0, 0.05) is 18.8 Å². The van der Waals surface area contributed by atoms with Gasteiger partial charge in [0.05, 0.1) is 6.61 Å². The summed E-state index contributed by atoms with van der Waals surface area (Å²) in [5, 5.41) is 3.33. The van der Waals surface area contributed by atoms with E-state index in [4.69, 9.17) is 4.74 Å². The minimum absolute atomic E-state index is 0.682. The van der Waals surface area contributed by atoms with E-state index in [0.29, 0.717) is 5.92 Å². The Morgan fingerprint density at radius 3 is 2.69 bits per heavy atom. The molecule has 0 fully saturated rings. The molecule has 1 N–H and O–H groups in total. The molecule has 1 aromatic rings. The fourth-order valence-electron chi connectivity index (χ4n) is 1.68. The minimum Gasteiger partial charge on any atom is -0.383 e. The van der Waals surface area contributed by atoms with Crippen molar-refractivity contribution in [2.75, 3.05) is 25.1 Å². The molecule has 2 heteroatoms. The molecule has 0 saturated carbocycles. The lowest BCUT2D eigenvalue weighted by atomic mass is 10.1. The van der Waals surface area contributed by atoms with Gasteiger partial charge in [0.2, 0.25) is 0 Å². The van der Waals surface area contributed by atoms with Crippen molar-refractivity contribution in [3.8, 4) is 0 Å². The van der Waals surface area contributed by atoms with Crippen LogP contribution in [-0.4, -0.2) is 19.8 Å². The maximum atomic E-state index is 5.61. The van der Waals surface area contributed by atoms with Crippen molar-refractivity contribution in [3.05, 3.63) is 30.3 Å². The average molecular weight is 221 g/mol. The van der Waals surface area contributed by atoms with E-state index in [1.165, 1.54) is 12.8 Å². The van der Waals surface area contributed by atoms with Crippen molar-refractivity contribution in [1.82, 2.24) is 0 Å². The van der Waals surface area contributed by atoms with E-state index in [9.17, 15) is 0 Å². The van der Waals surface area contributed by atoms with Crippen molar-refractivity contribution >= 4 is 5.69 Å². The maximum Gasteiger partial charge on any atom is 0.0639 e. The molecule has 16 heavy (non-hydrogen) atoms. The van der Waals surface area contributed by atoms with Gasteiger partial charge in [-0.05, 0) is 24.5 Å². The third-order valence-corrected chi connectivity index (χ3v) is 2.53. The number of benzene rings is 1. The molecule has 2 nitrogen and oxygen atoms in total. The van der Waals surface area contributed by atoms with E-state index in [0.717, 1.165) is 25.4 Å². The van der Waals surface area contributed by atoms with Crippen LogP contribution in [0.1, 0.15) is 26.7 Å². The Morgan fingerprint density at radius 1 is 1.25 bits per heavy atom. The zero-order chi connectivity index (χ0) is 11.6. The highest BCUT2D eigenvalue weighted by Gasteiger charge is 1.99. The van der Waals surface area contributed by atoms with Gasteiger partial charge in [0.15, 0.2) is 0 Å². The summed E-state index contributed by atoms with van der Waals surface area (Å²) in [5.74, 6) is 0.682. The molecule has 1 aromatic carbocycles. The van der Waals surface area contributed by atoms with Crippen LogP contribution in [0.2, 0.25) is 0 Å². The Morgan fingerprint density at radius 2 is 2.00 bits per heavy atom. The fourth-order valence-corrected chi connectivity index (χ4v) is 1.68. The third kappa shape index (κ3) is 5.76. The molecule has 0 saturated heterocycles. The van der Waals surface area contributed by atoms with Crippen LogP contribution < -0.4 is 5.32 Å². The number of ether oxygens (including phenoxy) is 1. The molecule has 1 unspecified atom stereocenters. The second-order valence-electron chi connectivity index (χ2n) is 4.26. The van der Waals surface area contributed by atoms with Gasteiger partial charge in [-0.1, -0.05) is 38.5 Å². The van der Waals surface area contributed by atoms with Crippen LogP contribution in [0.4, 0.5) is 5.69 Å². The van der Waals surface area contributed by atoms with E-state index in [-0.39, 0.29) is 0 Å². The summed E-state index contributed by atoms with van der Waals surface area (Å²) in [6, 6.07) is 10.2. The SMILES string of the molecule is CCCC(C)COCCNc1ccccc1. The van der Waals surface area contributed by atoms with Crippen LogP contribution >= 0.6 is 0 Å². The quantitative estimate of drug-likeness (QED) is 0.678. The molecule has 0 radical (unpaired) electrons. The third-order valence-electron chi connectivity index (χ3n) is 2.53. The maximum absolute atomic E-state index is 5.61. The zero-order valence-corrected chi connectivity index (χ0v) is 10.4. The summed E-state index contributed by atoms with van der Waals surface area (Å²) < 4.78 is 5.61. The number of nitrogens with one attached hydrogen (secondary N) is 1. The Balaban J connectivity index is 2.00. The van der Waals surface area contributed by atoms with Gasteiger partial charge in [-0.3, -0.25) is 0 Å². The van der Waals surface area contributed by atoms with Crippen molar-refractivity contribution in [1.29, 1.82) is 0 Å². The fraction of sp³-hybridized carbons (Fsp3) is 0.571. The van der Waals surface area contributed by atoms with Gasteiger partial charge < -0.3 is 10.1 Å². The average Bonchev–Trinajstić information content (AvgIpc) is 2.30. The molecule has 0 aliphatic heterocycles. The van der Waals surface area contributed by atoms with Crippen LogP contribution in [0.25, 0.3) is 0 Å². The molecule has 90 valence electrons. The van der Waals surface area contributed by atoms with Crippen LogP contribution in [0, 0.1) is 5.92 Å². The van der Waals surface area contributed by atoms with Gasteiger partial charge in [-0.25, -0.2) is 0 Å². The van der Waals surface area contributed by atoms with Crippen molar-refractivity contribution in [3.63, 3.8) is 0 Å². The minimum atomic E-state index is 0.682. The first-order chi connectivity index (χ1) is 7.83. The molecule has 0 aliphatic carbocycles. The summed E-state index contributed by atoms with van der Waals surface area (Å²) in [6.07, 6.45) is 2.50. The van der Waals surface area contributed by atoms with Gasteiger partial charge in [0.25, 0.3) is 0 Å². The molecular formula is C14H23NO. The highest BCUT2D eigenvalue weighted by molar-refractivity contribution is 5.42. The van der Waals surface area contributed by atoms with Crippen LogP contribution in [-0.2, 0) is 4.74 Å². The monoisotopic (exact) mass is 221 g/mol. The van der Waals surface area contributed by atoms with Crippen LogP contribution in [0.15, 0.2) is 30.3 Å². The first-order valence-electron chi connectivity index (χ1n) is 6.19. The Hall–Kier alpha value is -1.02. The molecule has 0 aliphatic rings. The molecule has 0 bridgehead atoms. The van der Waals surface area contributed by atoms with Crippen molar-refractivity contribution in [2.45, 2.75) is 26.7 Å². The van der Waals surface area contributed by atoms with E-state index in [1.54, 1.807) is 0 Å². The molecule has 0 aromatic heterocycles. The predicted molar refractivity (Wildman–Crippen MR) is 69.8 cm³/mol. The van der Waals surface area contributed by atoms with Crippen LogP contribution in [0.5, 0.6) is 0 Å². The number of rotatable bonds is 8. The molecule has 0 heterocycles. The number of hydrogen-bond acceptors (Lipinski definition) is 2. The second-order valence-corrected chi connectivity index (χ2v) is 4.26. The van der Waals surface area contributed by atoms with E-state index < -0.39 is 0 Å². The normalized spacial score (nSPS) is 12.4. The molecule has 0 spiro atoms. The van der Waals surface area contributed by atoms with Crippen LogP contribution in [0.3, 0.4) is 0 Å². The van der Waals surface area contributed by atoms with Crippen molar-refractivity contribution < 1.29 is 4.74 Å². The Kier molecular flexibility index (Phi) is 6.66. The first kappa shape index (κ1) is 13.0. The standard InChI is InChI=1S/C14H23NO/c1-3-7-13(2)12-16-11-10-15-14-8-5-4-6-9-14/h4-6,8-9,13,15H,3,7,10-12H2,1-2H3. The van der Waals surface area contributed by atoms with Gasteiger partial charge in [-0.2, -0.15) is 0 Å². The second kappa shape index (κ2) is 8.17. The topological polar surface area (TPSA) is 21.3 Å². The highest BCUT2D eigenvalue weighted by atomic mass is 16.5. The van der Waals surface area contributed by atoms with Gasteiger partial charge >= 0.3 is 0 Å². The first-order valence-corrected chi connectivity index (χ1v) is 6.19. The Bertz CT molecular complexity index is 261. The number of anilines is 1. The predicted octanol–water partition coefficient (Wildman–Crippen LogP) is 3.55. The van der Waals surface area contributed by atoms with E-state index in [1.807, 2.05) is 18.2 Å². The zero-order valence-electron chi connectivity index (χ0n) is 10.4.